The van der Waals surface area contributed by atoms with Gasteiger partial charge in [0.25, 0.3) is 0 Å². The Bertz CT molecular complexity index is 679. The van der Waals surface area contributed by atoms with E-state index in [2.05, 4.69) is 15.3 Å². The molecule has 0 unspecified atom stereocenters. The number of nitrogens with zero attached hydrogens (tertiary/aromatic N) is 3. The fourth-order valence-corrected chi connectivity index (χ4v) is 2.47. The van der Waals surface area contributed by atoms with E-state index in [4.69, 9.17) is 9.05 Å². The van der Waals surface area contributed by atoms with Gasteiger partial charge >= 0.3 is 0 Å². The SMILES string of the molecule is Cc1cc(CSCc2nc(-c3ccccc3)no2)on1. The predicted molar refractivity (Wildman–Crippen MR) is 76.0 cm³/mol. The van der Waals surface area contributed by atoms with Crippen molar-refractivity contribution >= 4 is 11.8 Å². The molecule has 102 valence electrons. The molecule has 0 saturated heterocycles. The van der Waals surface area contributed by atoms with Crippen LogP contribution in [0.4, 0.5) is 0 Å². The van der Waals surface area contributed by atoms with E-state index in [-0.39, 0.29) is 0 Å². The molecule has 2 heterocycles. The third-order valence-electron chi connectivity index (χ3n) is 2.65. The standard InChI is InChI=1S/C14H13N3O2S/c1-10-7-12(18-16-10)8-20-9-13-15-14(17-19-13)11-5-3-2-4-6-11/h2-7H,8-9H2,1H3. The van der Waals surface area contributed by atoms with Crippen LogP contribution in [0.5, 0.6) is 0 Å². The number of rotatable bonds is 5. The molecule has 0 saturated carbocycles. The summed E-state index contributed by atoms with van der Waals surface area (Å²) in [6.07, 6.45) is 0. The summed E-state index contributed by atoms with van der Waals surface area (Å²) in [5, 5.41) is 7.83. The Morgan fingerprint density at radius 2 is 1.90 bits per heavy atom. The van der Waals surface area contributed by atoms with Crippen LogP contribution < -0.4 is 0 Å². The Hall–Kier alpha value is -2.08. The zero-order valence-electron chi connectivity index (χ0n) is 10.9. The first-order chi connectivity index (χ1) is 9.81. The molecule has 0 amide bonds. The number of hydrogen-bond acceptors (Lipinski definition) is 6. The minimum absolute atomic E-state index is 0.616. The lowest BCUT2D eigenvalue weighted by atomic mass is 10.2. The summed E-state index contributed by atoms with van der Waals surface area (Å²) in [4.78, 5) is 4.37. The van der Waals surface area contributed by atoms with Crippen LogP contribution in [0.25, 0.3) is 11.4 Å². The smallest absolute Gasteiger partial charge is 0.236 e. The molecule has 0 fully saturated rings. The molecule has 3 aromatic rings. The highest BCUT2D eigenvalue weighted by Crippen LogP contribution is 2.20. The maximum absolute atomic E-state index is 5.23. The van der Waals surface area contributed by atoms with E-state index in [9.17, 15) is 0 Å². The molecule has 0 spiro atoms. The lowest BCUT2D eigenvalue weighted by molar-refractivity contribution is 0.388. The Kier molecular flexibility index (Phi) is 3.83. The monoisotopic (exact) mass is 287 g/mol. The van der Waals surface area contributed by atoms with Crippen molar-refractivity contribution in [1.82, 2.24) is 15.3 Å². The summed E-state index contributed by atoms with van der Waals surface area (Å²) in [5.41, 5.74) is 1.85. The Balaban J connectivity index is 1.58. The second-order valence-electron chi connectivity index (χ2n) is 4.31. The van der Waals surface area contributed by atoms with Gasteiger partial charge in [0.15, 0.2) is 0 Å². The molecular weight excluding hydrogens is 274 g/mol. The average Bonchev–Trinajstić information content (AvgIpc) is 3.09. The fourth-order valence-electron chi connectivity index (χ4n) is 1.74. The molecule has 2 aromatic heterocycles. The maximum atomic E-state index is 5.23. The highest BCUT2D eigenvalue weighted by molar-refractivity contribution is 7.97. The van der Waals surface area contributed by atoms with Gasteiger partial charge in [0, 0.05) is 11.6 Å². The maximum Gasteiger partial charge on any atom is 0.236 e. The van der Waals surface area contributed by atoms with Gasteiger partial charge in [-0.3, -0.25) is 0 Å². The van der Waals surface area contributed by atoms with Crippen LogP contribution in [0.3, 0.4) is 0 Å². The molecule has 0 aliphatic heterocycles. The van der Waals surface area contributed by atoms with Crippen molar-refractivity contribution < 1.29 is 9.05 Å². The van der Waals surface area contributed by atoms with Gasteiger partial charge in [0.2, 0.25) is 11.7 Å². The molecule has 0 atom stereocenters. The van der Waals surface area contributed by atoms with Gasteiger partial charge in [0.1, 0.15) is 5.76 Å². The van der Waals surface area contributed by atoms with E-state index < -0.39 is 0 Å². The number of thioether (sulfide) groups is 1. The summed E-state index contributed by atoms with van der Waals surface area (Å²) in [6, 6.07) is 11.7. The first-order valence-corrected chi connectivity index (χ1v) is 7.35. The number of aromatic nitrogens is 3. The third kappa shape index (κ3) is 3.08. The van der Waals surface area contributed by atoms with Gasteiger partial charge in [-0.2, -0.15) is 4.98 Å². The Labute approximate surface area is 120 Å². The third-order valence-corrected chi connectivity index (χ3v) is 3.59. The number of hydrogen-bond donors (Lipinski definition) is 0. The molecule has 0 N–H and O–H groups in total. The van der Waals surface area contributed by atoms with Gasteiger partial charge in [-0.1, -0.05) is 40.6 Å². The lowest BCUT2D eigenvalue weighted by Gasteiger charge is -1.93. The molecule has 0 aliphatic carbocycles. The molecule has 0 aliphatic rings. The minimum Gasteiger partial charge on any atom is -0.360 e. The van der Waals surface area contributed by atoms with Gasteiger partial charge in [0.05, 0.1) is 17.2 Å². The van der Waals surface area contributed by atoms with E-state index >= 15 is 0 Å². The summed E-state index contributed by atoms with van der Waals surface area (Å²) < 4.78 is 10.4. The molecular formula is C14H13N3O2S. The van der Waals surface area contributed by atoms with Crippen molar-refractivity contribution in [2.24, 2.45) is 0 Å². The normalized spacial score (nSPS) is 10.8. The topological polar surface area (TPSA) is 65.0 Å². The minimum atomic E-state index is 0.616. The number of aryl methyl sites for hydroxylation is 1. The summed E-state index contributed by atoms with van der Waals surface area (Å²) in [5.74, 6) is 3.49. The van der Waals surface area contributed by atoms with Crippen LogP contribution in [0.15, 0.2) is 45.4 Å². The Morgan fingerprint density at radius 3 is 2.65 bits per heavy atom. The zero-order chi connectivity index (χ0) is 13.8. The highest BCUT2D eigenvalue weighted by Gasteiger charge is 2.09. The zero-order valence-corrected chi connectivity index (χ0v) is 11.8. The van der Waals surface area contributed by atoms with Crippen LogP contribution in [0.2, 0.25) is 0 Å². The van der Waals surface area contributed by atoms with Gasteiger partial charge in [-0.05, 0) is 6.92 Å². The van der Waals surface area contributed by atoms with E-state index in [1.54, 1.807) is 11.8 Å². The van der Waals surface area contributed by atoms with Gasteiger partial charge in [-0.15, -0.1) is 11.8 Å². The molecule has 0 bridgehead atoms. The average molecular weight is 287 g/mol. The van der Waals surface area contributed by atoms with Crippen molar-refractivity contribution in [1.29, 1.82) is 0 Å². The van der Waals surface area contributed by atoms with Crippen molar-refractivity contribution in [2.75, 3.05) is 0 Å². The molecule has 6 heteroatoms. The molecule has 20 heavy (non-hydrogen) atoms. The second kappa shape index (κ2) is 5.92. The molecule has 5 nitrogen and oxygen atoms in total. The van der Waals surface area contributed by atoms with Gasteiger partial charge < -0.3 is 9.05 Å². The van der Waals surface area contributed by atoms with Crippen molar-refractivity contribution in [3.63, 3.8) is 0 Å². The van der Waals surface area contributed by atoms with E-state index in [0.717, 1.165) is 22.8 Å². The number of benzene rings is 1. The predicted octanol–water partition coefficient (Wildman–Crippen LogP) is 3.47. The summed E-state index contributed by atoms with van der Waals surface area (Å²) in [7, 11) is 0. The van der Waals surface area contributed by atoms with Crippen LogP contribution in [0.1, 0.15) is 17.3 Å². The molecule has 1 aromatic carbocycles. The van der Waals surface area contributed by atoms with E-state index in [1.807, 2.05) is 43.3 Å². The first-order valence-electron chi connectivity index (χ1n) is 6.19. The largest absolute Gasteiger partial charge is 0.360 e. The highest BCUT2D eigenvalue weighted by atomic mass is 32.2. The van der Waals surface area contributed by atoms with Gasteiger partial charge in [-0.25, -0.2) is 0 Å². The lowest BCUT2D eigenvalue weighted by Crippen LogP contribution is -1.83. The first kappa shape index (κ1) is 12.9. The van der Waals surface area contributed by atoms with Crippen LogP contribution in [-0.4, -0.2) is 15.3 Å². The molecule has 0 radical (unpaired) electrons. The van der Waals surface area contributed by atoms with Crippen LogP contribution in [-0.2, 0) is 11.5 Å². The molecule has 3 rings (SSSR count). The Morgan fingerprint density at radius 1 is 1.05 bits per heavy atom. The van der Waals surface area contributed by atoms with E-state index in [1.165, 1.54) is 0 Å². The van der Waals surface area contributed by atoms with E-state index in [0.29, 0.717) is 17.5 Å². The quantitative estimate of drug-likeness (QED) is 0.716. The van der Waals surface area contributed by atoms with Crippen molar-refractivity contribution in [2.45, 2.75) is 18.4 Å². The second-order valence-corrected chi connectivity index (χ2v) is 5.29. The fraction of sp³-hybridized carbons (Fsp3) is 0.214. The summed E-state index contributed by atoms with van der Waals surface area (Å²) in [6.45, 7) is 1.90. The summed E-state index contributed by atoms with van der Waals surface area (Å²) >= 11 is 1.65. The van der Waals surface area contributed by atoms with Crippen LogP contribution >= 0.6 is 11.8 Å². The van der Waals surface area contributed by atoms with Crippen molar-refractivity contribution in [3.8, 4) is 11.4 Å². The van der Waals surface area contributed by atoms with Crippen LogP contribution in [0, 0.1) is 6.92 Å². The van der Waals surface area contributed by atoms with Crippen molar-refractivity contribution in [3.05, 3.63) is 53.7 Å².